The molecule has 1 unspecified atom stereocenters. The van der Waals surface area contributed by atoms with Gasteiger partial charge in [0.2, 0.25) is 0 Å². The van der Waals surface area contributed by atoms with Crippen molar-refractivity contribution in [3.63, 3.8) is 0 Å². The minimum atomic E-state index is -0.772. The minimum Gasteiger partial charge on any atom is -0.481 e. The molecule has 0 aliphatic carbocycles. The number of benzene rings is 1. The summed E-state index contributed by atoms with van der Waals surface area (Å²) in [6.45, 7) is 7.36. The van der Waals surface area contributed by atoms with Crippen LogP contribution >= 0.6 is 0 Å². The summed E-state index contributed by atoms with van der Waals surface area (Å²) in [4.78, 5) is 13.4. The van der Waals surface area contributed by atoms with Crippen molar-refractivity contribution in [2.24, 2.45) is 0 Å². The average molecular weight is 261 g/mol. The number of carbonyl (C=O) groups is 1. The summed E-state index contributed by atoms with van der Waals surface area (Å²) in [6.07, 6.45) is 3.73. The molecule has 19 heavy (non-hydrogen) atoms. The number of piperidine rings is 1. The Morgan fingerprint density at radius 2 is 1.89 bits per heavy atom. The van der Waals surface area contributed by atoms with Crippen LogP contribution in [-0.2, 0) is 4.79 Å². The Labute approximate surface area is 115 Å². The summed E-state index contributed by atoms with van der Waals surface area (Å²) in [5.41, 5.74) is 2.26. The van der Waals surface area contributed by atoms with E-state index in [2.05, 4.69) is 30.9 Å². The Bertz CT molecular complexity index is 450. The molecule has 0 saturated carbocycles. The van der Waals surface area contributed by atoms with Crippen molar-refractivity contribution in [3.8, 4) is 0 Å². The lowest BCUT2D eigenvalue weighted by Gasteiger charge is -2.44. The molecule has 1 atom stereocenters. The monoisotopic (exact) mass is 261 g/mol. The maximum Gasteiger partial charge on any atom is 0.310 e. The Morgan fingerprint density at radius 1 is 1.26 bits per heavy atom. The van der Waals surface area contributed by atoms with Crippen LogP contribution < -0.4 is 4.90 Å². The molecule has 1 saturated heterocycles. The molecule has 1 aliphatic rings. The molecule has 2 rings (SSSR count). The largest absolute Gasteiger partial charge is 0.481 e. The number of hydrogen-bond acceptors (Lipinski definition) is 2. The van der Waals surface area contributed by atoms with Gasteiger partial charge in [-0.25, -0.2) is 0 Å². The summed E-state index contributed by atoms with van der Waals surface area (Å²) in [7, 11) is 0. The molecular formula is C16H23NO2. The molecule has 3 heteroatoms. The first-order chi connectivity index (χ1) is 8.92. The maximum atomic E-state index is 11.0. The molecule has 1 aromatic carbocycles. The lowest BCUT2D eigenvalue weighted by atomic mass is 9.89. The summed E-state index contributed by atoms with van der Waals surface area (Å²) >= 11 is 0. The van der Waals surface area contributed by atoms with Gasteiger partial charge < -0.3 is 10.0 Å². The molecule has 1 N–H and O–H groups in total. The highest BCUT2D eigenvalue weighted by Crippen LogP contribution is 2.33. The van der Waals surface area contributed by atoms with Crippen LogP contribution in [0.2, 0.25) is 0 Å². The Hall–Kier alpha value is -1.51. The fourth-order valence-electron chi connectivity index (χ4n) is 2.83. The third kappa shape index (κ3) is 2.91. The first-order valence-electron chi connectivity index (χ1n) is 7.02. The number of aliphatic carboxylic acids is 1. The predicted molar refractivity (Wildman–Crippen MR) is 77.8 cm³/mol. The highest BCUT2D eigenvalue weighted by molar-refractivity contribution is 5.75. The Kier molecular flexibility index (Phi) is 3.83. The second-order valence-electron chi connectivity index (χ2n) is 6.07. The van der Waals surface area contributed by atoms with Gasteiger partial charge in [0.1, 0.15) is 0 Å². The van der Waals surface area contributed by atoms with E-state index in [-0.39, 0.29) is 5.54 Å². The number of carboxylic acid groups (broad SMARTS) is 1. The quantitative estimate of drug-likeness (QED) is 0.903. The molecule has 0 amide bonds. The van der Waals surface area contributed by atoms with Crippen LogP contribution in [0.4, 0.5) is 5.69 Å². The van der Waals surface area contributed by atoms with Gasteiger partial charge in [0, 0.05) is 17.8 Å². The standard InChI is InChI=1S/C16H23NO2/c1-12(15(18)19)13-6-8-14(9-7-13)17-11-5-4-10-16(17,2)3/h6-9,12H,4-5,10-11H2,1-3H3,(H,18,19). The average Bonchev–Trinajstić information content (AvgIpc) is 2.37. The topological polar surface area (TPSA) is 40.5 Å². The van der Waals surface area contributed by atoms with Crippen molar-refractivity contribution in [2.75, 3.05) is 11.4 Å². The molecule has 0 aromatic heterocycles. The fourth-order valence-corrected chi connectivity index (χ4v) is 2.83. The second-order valence-corrected chi connectivity index (χ2v) is 6.07. The summed E-state index contributed by atoms with van der Waals surface area (Å²) in [5, 5.41) is 9.03. The number of carboxylic acids is 1. The van der Waals surface area contributed by atoms with Gasteiger partial charge in [0.05, 0.1) is 5.92 Å². The van der Waals surface area contributed by atoms with E-state index in [0.717, 1.165) is 12.1 Å². The van der Waals surface area contributed by atoms with Crippen molar-refractivity contribution in [3.05, 3.63) is 29.8 Å². The van der Waals surface area contributed by atoms with Crippen molar-refractivity contribution in [2.45, 2.75) is 51.5 Å². The normalized spacial score (nSPS) is 20.1. The van der Waals surface area contributed by atoms with Crippen molar-refractivity contribution < 1.29 is 9.90 Å². The highest BCUT2D eigenvalue weighted by Gasteiger charge is 2.29. The first kappa shape index (κ1) is 13.9. The van der Waals surface area contributed by atoms with Gasteiger partial charge in [-0.1, -0.05) is 12.1 Å². The van der Waals surface area contributed by atoms with E-state index in [1.54, 1.807) is 6.92 Å². The zero-order chi connectivity index (χ0) is 14.0. The summed E-state index contributed by atoms with van der Waals surface area (Å²) in [6, 6.07) is 8.00. The third-order valence-electron chi connectivity index (χ3n) is 4.23. The molecule has 0 spiro atoms. The highest BCUT2D eigenvalue weighted by atomic mass is 16.4. The van der Waals surface area contributed by atoms with Gasteiger partial charge in [-0.2, -0.15) is 0 Å². The van der Waals surface area contributed by atoms with Gasteiger partial charge in [-0.05, 0) is 57.7 Å². The molecule has 1 fully saturated rings. The number of rotatable bonds is 3. The van der Waals surface area contributed by atoms with Crippen molar-refractivity contribution in [1.82, 2.24) is 0 Å². The van der Waals surface area contributed by atoms with E-state index >= 15 is 0 Å². The Morgan fingerprint density at radius 3 is 2.42 bits per heavy atom. The van der Waals surface area contributed by atoms with Gasteiger partial charge in [-0.15, -0.1) is 0 Å². The van der Waals surface area contributed by atoms with Gasteiger partial charge >= 0.3 is 5.97 Å². The van der Waals surface area contributed by atoms with Crippen molar-refractivity contribution in [1.29, 1.82) is 0 Å². The van der Waals surface area contributed by atoms with Crippen LogP contribution in [0.15, 0.2) is 24.3 Å². The molecule has 3 nitrogen and oxygen atoms in total. The lowest BCUT2D eigenvalue weighted by molar-refractivity contribution is -0.138. The zero-order valence-electron chi connectivity index (χ0n) is 12.0. The van der Waals surface area contributed by atoms with Gasteiger partial charge in [0.15, 0.2) is 0 Å². The minimum absolute atomic E-state index is 0.193. The van der Waals surface area contributed by atoms with Crippen LogP contribution in [0.1, 0.15) is 51.5 Å². The third-order valence-corrected chi connectivity index (χ3v) is 4.23. The van der Waals surface area contributed by atoms with E-state index in [4.69, 9.17) is 5.11 Å². The van der Waals surface area contributed by atoms with Crippen LogP contribution in [0.3, 0.4) is 0 Å². The smallest absolute Gasteiger partial charge is 0.310 e. The Balaban J connectivity index is 2.20. The lowest BCUT2D eigenvalue weighted by Crippen LogP contribution is -2.47. The molecule has 1 aromatic rings. The van der Waals surface area contributed by atoms with Crippen LogP contribution in [0.5, 0.6) is 0 Å². The van der Waals surface area contributed by atoms with E-state index in [0.29, 0.717) is 0 Å². The summed E-state index contributed by atoms with van der Waals surface area (Å²) < 4.78 is 0. The summed E-state index contributed by atoms with van der Waals surface area (Å²) in [5.74, 6) is -1.21. The van der Waals surface area contributed by atoms with E-state index < -0.39 is 11.9 Å². The fraction of sp³-hybridized carbons (Fsp3) is 0.562. The van der Waals surface area contributed by atoms with E-state index in [1.807, 2.05) is 12.1 Å². The number of anilines is 1. The maximum absolute atomic E-state index is 11.0. The van der Waals surface area contributed by atoms with Crippen LogP contribution in [0.25, 0.3) is 0 Å². The first-order valence-corrected chi connectivity index (χ1v) is 7.02. The number of hydrogen-bond donors (Lipinski definition) is 1. The van der Waals surface area contributed by atoms with Crippen LogP contribution in [0, 0.1) is 0 Å². The predicted octanol–water partition coefficient (Wildman–Crippen LogP) is 3.64. The molecule has 104 valence electrons. The molecule has 0 radical (unpaired) electrons. The van der Waals surface area contributed by atoms with Crippen molar-refractivity contribution >= 4 is 11.7 Å². The van der Waals surface area contributed by atoms with Gasteiger partial charge in [0.25, 0.3) is 0 Å². The van der Waals surface area contributed by atoms with E-state index in [9.17, 15) is 4.79 Å². The number of nitrogens with zero attached hydrogens (tertiary/aromatic N) is 1. The molecule has 1 aliphatic heterocycles. The zero-order valence-corrected chi connectivity index (χ0v) is 12.0. The van der Waals surface area contributed by atoms with Gasteiger partial charge in [-0.3, -0.25) is 4.79 Å². The molecule has 0 bridgehead atoms. The van der Waals surface area contributed by atoms with Crippen LogP contribution in [-0.4, -0.2) is 23.2 Å². The van der Waals surface area contributed by atoms with E-state index in [1.165, 1.54) is 24.9 Å². The SMILES string of the molecule is CC(C(=O)O)c1ccc(N2CCCCC2(C)C)cc1. The second kappa shape index (κ2) is 5.24. The molecule has 1 heterocycles. The molecular weight excluding hydrogens is 238 g/mol.